The molecule has 1 saturated heterocycles. The summed E-state index contributed by atoms with van der Waals surface area (Å²) in [4.78, 5) is 2.13. The smallest absolute Gasteiger partial charge is 0.139 e. The van der Waals surface area contributed by atoms with Crippen molar-refractivity contribution in [3.63, 3.8) is 0 Å². The van der Waals surface area contributed by atoms with E-state index in [9.17, 15) is 5.11 Å². The van der Waals surface area contributed by atoms with Gasteiger partial charge in [-0.1, -0.05) is 23.2 Å². The van der Waals surface area contributed by atoms with Crippen molar-refractivity contribution >= 4 is 23.2 Å². The second kappa shape index (κ2) is 7.48. The molecule has 0 bridgehead atoms. The van der Waals surface area contributed by atoms with Crippen molar-refractivity contribution in [3.8, 4) is 5.75 Å². The molecule has 1 aromatic rings. The number of benzene rings is 1. The molecule has 0 spiro atoms. The van der Waals surface area contributed by atoms with Crippen LogP contribution in [0.1, 0.15) is 6.42 Å². The summed E-state index contributed by atoms with van der Waals surface area (Å²) >= 11 is 11.9. The minimum atomic E-state index is -0.595. The Bertz CT molecular complexity index is 444. The number of nitrogens with zero attached hydrogens (tertiary/aromatic N) is 1. The highest BCUT2D eigenvalue weighted by atomic mass is 35.5. The molecule has 2 rings (SSSR count). The number of ether oxygens (including phenoxy) is 1. The van der Waals surface area contributed by atoms with Gasteiger partial charge in [-0.25, -0.2) is 0 Å². The third kappa shape index (κ3) is 4.50. The number of hydrogen-bond donors (Lipinski definition) is 2. The summed E-state index contributed by atoms with van der Waals surface area (Å²) in [6, 6.07) is 4.98. The van der Waals surface area contributed by atoms with Crippen LogP contribution in [0.3, 0.4) is 0 Å². The maximum Gasteiger partial charge on any atom is 0.139 e. The molecule has 112 valence electrons. The largest absolute Gasteiger partial charge is 0.489 e. The Morgan fingerprint density at radius 3 is 2.90 bits per heavy atom. The summed E-state index contributed by atoms with van der Waals surface area (Å²) in [6.45, 7) is 2.64. The van der Waals surface area contributed by atoms with Gasteiger partial charge in [0.05, 0.1) is 5.02 Å². The van der Waals surface area contributed by atoms with Crippen LogP contribution in [0.4, 0.5) is 0 Å². The van der Waals surface area contributed by atoms with Gasteiger partial charge >= 0.3 is 0 Å². The second-order valence-corrected chi connectivity index (χ2v) is 5.98. The van der Waals surface area contributed by atoms with E-state index >= 15 is 0 Å². The highest BCUT2D eigenvalue weighted by molar-refractivity contribution is 6.34. The highest BCUT2D eigenvalue weighted by Gasteiger charge is 2.23. The molecule has 0 aliphatic carbocycles. The summed E-state index contributed by atoms with van der Waals surface area (Å²) in [6.07, 6.45) is 0.381. The van der Waals surface area contributed by atoms with E-state index in [2.05, 4.69) is 4.90 Å². The molecule has 1 aliphatic heterocycles. The van der Waals surface area contributed by atoms with Crippen molar-refractivity contribution in [2.75, 3.05) is 32.8 Å². The van der Waals surface area contributed by atoms with Crippen molar-refractivity contribution in [2.45, 2.75) is 12.5 Å². The van der Waals surface area contributed by atoms with Gasteiger partial charge in [-0.05, 0) is 31.0 Å². The molecule has 0 aromatic heterocycles. The van der Waals surface area contributed by atoms with Gasteiger partial charge in [0.25, 0.3) is 0 Å². The van der Waals surface area contributed by atoms with Crippen LogP contribution < -0.4 is 4.74 Å². The Hall–Kier alpha value is -0.520. The molecule has 1 aliphatic rings. The van der Waals surface area contributed by atoms with Crippen LogP contribution in [-0.4, -0.2) is 54.1 Å². The monoisotopic (exact) mass is 319 g/mol. The lowest BCUT2D eigenvalue weighted by Gasteiger charge is -2.20. The van der Waals surface area contributed by atoms with Crippen LogP contribution >= 0.6 is 23.2 Å². The quantitative estimate of drug-likeness (QED) is 0.842. The predicted molar refractivity (Wildman–Crippen MR) is 79.6 cm³/mol. The van der Waals surface area contributed by atoms with Gasteiger partial charge in [-0.15, -0.1) is 0 Å². The first-order chi connectivity index (χ1) is 9.58. The molecule has 0 saturated carbocycles. The van der Waals surface area contributed by atoms with Crippen molar-refractivity contribution in [1.82, 2.24) is 4.90 Å². The molecule has 0 amide bonds. The zero-order chi connectivity index (χ0) is 14.5. The predicted octanol–water partition coefficient (Wildman–Crippen LogP) is 2.05. The van der Waals surface area contributed by atoms with Crippen molar-refractivity contribution in [3.05, 3.63) is 28.2 Å². The van der Waals surface area contributed by atoms with Crippen LogP contribution in [0.2, 0.25) is 10.0 Å². The maximum atomic E-state index is 9.98. The van der Waals surface area contributed by atoms with Crippen LogP contribution in [0, 0.1) is 5.92 Å². The van der Waals surface area contributed by atoms with Gasteiger partial charge in [-0.3, -0.25) is 0 Å². The lowest BCUT2D eigenvalue weighted by molar-refractivity contribution is 0.0735. The Balaban J connectivity index is 1.77. The average Bonchev–Trinajstić information content (AvgIpc) is 2.87. The normalized spacial score (nSPS) is 21.1. The zero-order valence-electron chi connectivity index (χ0n) is 11.1. The molecule has 2 unspecified atom stereocenters. The van der Waals surface area contributed by atoms with Gasteiger partial charge in [0.15, 0.2) is 0 Å². The van der Waals surface area contributed by atoms with Gasteiger partial charge < -0.3 is 19.8 Å². The fourth-order valence-electron chi connectivity index (χ4n) is 2.35. The molecule has 1 fully saturated rings. The molecular weight excluding hydrogens is 301 g/mol. The van der Waals surface area contributed by atoms with E-state index in [1.807, 2.05) is 0 Å². The molecule has 4 nitrogen and oxygen atoms in total. The number of likely N-dealkylation sites (tertiary alicyclic amines) is 1. The minimum absolute atomic E-state index is 0.167. The van der Waals surface area contributed by atoms with Gasteiger partial charge in [0.2, 0.25) is 0 Å². The van der Waals surface area contributed by atoms with E-state index in [0.29, 0.717) is 28.3 Å². The first-order valence-corrected chi connectivity index (χ1v) is 7.43. The van der Waals surface area contributed by atoms with E-state index < -0.39 is 6.10 Å². The molecule has 20 heavy (non-hydrogen) atoms. The number of hydrogen-bond acceptors (Lipinski definition) is 4. The van der Waals surface area contributed by atoms with E-state index in [0.717, 1.165) is 19.5 Å². The third-order valence-electron chi connectivity index (χ3n) is 3.42. The maximum absolute atomic E-state index is 9.98. The van der Waals surface area contributed by atoms with E-state index in [1.165, 1.54) is 0 Å². The Kier molecular flexibility index (Phi) is 5.93. The second-order valence-electron chi connectivity index (χ2n) is 5.14. The van der Waals surface area contributed by atoms with Gasteiger partial charge in [-0.2, -0.15) is 0 Å². The standard InChI is InChI=1S/C14H19Cl2NO3/c15-11-1-2-13(16)14(5-11)20-9-12(19)7-17-4-3-10(6-17)8-18/h1-2,5,10,12,18-19H,3-4,6-9H2. The Morgan fingerprint density at radius 2 is 2.20 bits per heavy atom. The lowest BCUT2D eigenvalue weighted by atomic mass is 10.1. The van der Waals surface area contributed by atoms with Crippen LogP contribution in [0.5, 0.6) is 5.75 Å². The zero-order valence-corrected chi connectivity index (χ0v) is 12.6. The van der Waals surface area contributed by atoms with Crippen LogP contribution in [-0.2, 0) is 0 Å². The van der Waals surface area contributed by atoms with Crippen LogP contribution in [0.25, 0.3) is 0 Å². The topological polar surface area (TPSA) is 52.9 Å². The molecule has 2 N–H and O–H groups in total. The minimum Gasteiger partial charge on any atom is -0.489 e. The van der Waals surface area contributed by atoms with Crippen molar-refractivity contribution in [2.24, 2.45) is 5.92 Å². The fourth-order valence-corrected chi connectivity index (χ4v) is 2.69. The first-order valence-electron chi connectivity index (χ1n) is 6.67. The molecule has 1 aromatic carbocycles. The molecular formula is C14H19Cl2NO3. The fraction of sp³-hybridized carbons (Fsp3) is 0.571. The summed E-state index contributed by atoms with van der Waals surface area (Å²) in [5.41, 5.74) is 0. The summed E-state index contributed by atoms with van der Waals surface area (Å²) in [7, 11) is 0. The van der Waals surface area contributed by atoms with Crippen molar-refractivity contribution in [1.29, 1.82) is 0 Å². The third-order valence-corrected chi connectivity index (χ3v) is 3.97. The lowest BCUT2D eigenvalue weighted by Crippen LogP contribution is -2.34. The SMILES string of the molecule is OCC1CCN(CC(O)COc2cc(Cl)ccc2Cl)C1. The van der Waals surface area contributed by atoms with Crippen LogP contribution in [0.15, 0.2) is 18.2 Å². The number of aliphatic hydroxyl groups excluding tert-OH is 2. The number of halogens is 2. The van der Waals surface area contributed by atoms with E-state index in [1.54, 1.807) is 18.2 Å². The summed E-state index contributed by atoms with van der Waals surface area (Å²) < 4.78 is 5.50. The number of rotatable bonds is 6. The highest BCUT2D eigenvalue weighted by Crippen LogP contribution is 2.27. The Labute approximate surface area is 128 Å². The Morgan fingerprint density at radius 1 is 1.40 bits per heavy atom. The van der Waals surface area contributed by atoms with Gasteiger partial charge in [0, 0.05) is 30.8 Å². The molecule has 6 heteroatoms. The van der Waals surface area contributed by atoms with Gasteiger partial charge in [0.1, 0.15) is 18.5 Å². The summed E-state index contributed by atoms with van der Waals surface area (Å²) in [5.74, 6) is 0.804. The van der Waals surface area contributed by atoms with E-state index in [-0.39, 0.29) is 13.2 Å². The molecule has 0 radical (unpaired) electrons. The molecule has 2 atom stereocenters. The summed E-state index contributed by atoms with van der Waals surface area (Å²) in [5, 5.41) is 20.1. The average molecular weight is 320 g/mol. The number of β-amino-alcohol motifs (C(OH)–C–C–N with tert-alkyl or cyclic N) is 1. The van der Waals surface area contributed by atoms with E-state index in [4.69, 9.17) is 33.0 Å². The number of aliphatic hydroxyl groups is 2. The van der Waals surface area contributed by atoms with Crippen molar-refractivity contribution < 1.29 is 14.9 Å². The molecule has 1 heterocycles. The first kappa shape index (κ1) is 15.9.